The van der Waals surface area contributed by atoms with Crippen molar-refractivity contribution in [3.05, 3.63) is 39.9 Å². The van der Waals surface area contributed by atoms with Crippen LogP contribution >= 0.6 is 11.6 Å². The van der Waals surface area contributed by atoms with Gasteiger partial charge in [-0.1, -0.05) is 6.07 Å². The average Bonchev–Trinajstić information content (AvgIpc) is 3.09. The van der Waals surface area contributed by atoms with Gasteiger partial charge >= 0.3 is 0 Å². The minimum Gasteiger partial charge on any atom is -0.345 e. The second-order valence-corrected chi connectivity index (χ2v) is 4.44. The van der Waals surface area contributed by atoms with Gasteiger partial charge < -0.3 is 5.32 Å². The zero-order valence-electron chi connectivity index (χ0n) is 8.98. The molecular weight excluding hydrogens is 244 g/mol. The molecule has 0 spiro atoms. The van der Waals surface area contributed by atoms with Crippen molar-refractivity contribution in [3.63, 3.8) is 0 Å². The van der Waals surface area contributed by atoms with Crippen molar-refractivity contribution in [2.75, 3.05) is 5.88 Å². The summed E-state index contributed by atoms with van der Waals surface area (Å²) >= 11 is 5.75. The van der Waals surface area contributed by atoms with Crippen molar-refractivity contribution >= 4 is 23.2 Å². The number of carbonyl (C=O) groups excluding carboxylic acids is 1. The number of benzene rings is 1. The maximum Gasteiger partial charge on any atom is 0.270 e. The molecule has 1 fully saturated rings. The van der Waals surface area contributed by atoms with Crippen LogP contribution in [0.3, 0.4) is 0 Å². The number of rotatable bonds is 4. The van der Waals surface area contributed by atoms with Gasteiger partial charge in [0.15, 0.2) is 0 Å². The molecule has 90 valence electrons. The molecule has 0 aromatic heterocycles. The lowest BCUT2D eigenvalue weighted by atomic mass is 10.1. The number of amides is 1. The molecule has 1 aliphatic carbocycles. The number of non-ortho nitro benzene ring substituents is 1. The molecule has 0 saturated heterocycles. The van der Waals surface area contributed by atoms with Crippen molar-refractivity contribution in [1.82, 2.24) is 5.32 Å². The normalized spacial score (nSPS) is 16.3. The second-order valence-electron chi connectivity index (χ2n) is 4.18. The van der Waals surface area contributed by atoms with E-state index in [-0.39, 0.29) is 22.7 Å². The Morgan fingerprint density at radius 3 is 2.76 bits per heavy atom. The van der Waals surface area contributed by atoms with Crippen molar-refractivity contribution in [2.45, 2.75) is 18.4 Å². The minimum atomic E-state index is -0.523. The molecule has 0 aliphatic heterocycles. The lowest BCUT2D eigenvalue weighted by molar-refractivity contribution is -0.384. The molecule has 0 radical (unpaired) electrons. The van der Waals surface area contributed by atoms with Crippen LogP contribution in [-0.4, -0.2) is 22.2 Å². The van der Waals surface area contributed by atoms with Gasteiger partial charge in [-0.05, 0) is 18.9 Å². The molecule has 0 heterocycles. The van der Waals surface area contributed by atoms with Gasteiger partial charge in [-0.3, -0.25) is 14.9 Å². The summed E-state index contributed by atoms with van der Waals surface area (Å²) in [5.74, 6) is 0.0556. The Bertz CT molecular complexity index is 472. The predicted molar refractivity (Wildman–Crippen MR) is 63.2 cm³/mol. The van der Waals surface area contributed by atoms with Crippen LogP contribution in [-0.2, 0) is 0 Å². The molecule has 2 rings (SSSR count). The Kier molecular flexibility index (Phi) is 3.02. The Labute approximate surface area is 103 Å². The molecule has 0 atom stereocenters. The van der Waals surface area contributed by atoms with Gasteiger partial charge in [0.05, 0.1) is 10.5 Å². The van der Waals surface area contributed by atoms with E-state index in [1.54, 1.807) is 6.07 Å². The number of carbonyl (C=O) groups is 1. The first-order chi connectivity index (χ1) is 8.06. The van der Waals surface area contributed by atoms with Crippen LogP contribution in [0.1, 0.15) is 23.2 Å². The van der Waals surface area contributed by atoms with Crippen LogP contribution in [0.4, 0.5) is 5.69 Å². The number of nitro benzene ring substituents is 1. The zero-order chi connectivity index (χ0) is 12.5. The van der Waals surface area contributed by atoms with E-state index >= 15 is 0 Å². The highest BCUT2D eigenvalue weighted by molar-refractivity contribution is 6.19. The Morgan fingerprint density at radius 1 is 1.53 bits per heavy atom. The van der Waals surface area contributed by atoms with E-state index in [1.165, 1.54) is 18.2 Å². The molecule has 1 saturated carbocycles. The van der Waals surface area contributed by atoms with Gasteiger partial charge in [0, 0.05) is 23.6 Å². The van der Waals surface area contributed by atoms with E-state index in [9.17, 15) is 14.9 Å². The Hall–Kier alpha value is -1.62. The van der Waals surface area contributed by atoms with Crippen LogP contribution in [0.15, 0.2) is 24.3 Å². The van der Waals surface area contributed by atoms with E-state index in [2.05, 4.69) is 5.32 Å². The number of alkyl halides is 1. The summed E-state index contributed by atoms with van der Waals surface area (Å²) in [6.07, 6.45) is 1.72. The Morgan fingerprint density at radius 2 is 2.24 bits per heavy atom. The van der Waals surface area contributed by atoms with E-state index < -0.39 is 4.92 Å². The highest BCUT2D eigenvalue weighted by Crippen LogP contribution is 2.36. The zero-order valence-corrected chi connectivity index (χ0v) is 9.74. The second kappa shape index (κ2) is 4.33. The van der Waals surface area contributed by atoms with E-state index in [1.807, 2.05) is 0 Å². The standard InChI is InChI=1S/C11H11ClN2O3/c12-7-11(4-5-11)13-10(15)8-2-1-3-9(6-8)14(16)17/h1-3,6H,4-5,7H2,(H,13,15). The molecule has 1 aromatic rings. The van der Waals surface area contributed by atoms with Crippen molar-refractivity contribution in [1.29, 1.82) is 0 Å². The predicted octanol–water partition coefficient (Wildman–Crippen LogP) is 2.10. The molecule has 5 nitrogen and oxygen atoms in total. The largest absolute Gasteiger partial charge is 0.345 e. The molecule has 17 heavy (non-hydrogen) atoms. The van der Waals surface area contributed by atoms with Crippen molar-refractivity contribution in [3.8, 4) is 0 Å². The molecule has 1 N–H and O–H groups in total. The summed E-state index contributed by atoms with van der Waals surface area (Å²) in [5.41, 5.74) is -0.104. The number of nitrogens with one attached hydrogen (secondary N) is 1. The molecule has 6 heteroatoms. The van der Waals surface area contributed by atoms with Crippen LogP contribution in [0.25, 0.3) is 0 Å². The summed E-state index contributed by atoms with van der Waals surface area (Å²) in [6.45, 7) is 0. The monoisotopic (exact) mass is 254 g/mol. The number of halogens is 1. The van der Waals surface area contributed by atoms with E-state index in [0.29, 0.717) is 5.88 Å². The third-order valence-corrected chi connectivity index (χ3v) is 3.32. The van der Waals surface area contributed by atoms with Gasteiger partial charge in [0.2, 0.25) is 0 Å². The summed E-state index contributed by atoms with van der Waals surface area (Å²) in [7, 11) is 0. The first kappa shape index (κ1) is 11.9. The SMILES string of the molecule is O=C(NC1(CCl)CC1)c1cccc([N+](=O)[O-])c1. The van der Waals surface area contributed by atoms with Crippen LogP contribution in [0.2, 0.25) is 0 Å². The fraction of sp³-hybridized carbons (Fsp3) is 0.364. The quantitative estimate of drug-likeness (QED) is 0.508. The van der Waals surface area contributed by atoms with Crippen LogP contribution in [0, 0.1) is 10.1 Å². The molecule has 0 bridgehead atoms. The molecular formula is C11H11ClN2O3. The molecule has 1 aromatic carbocycles. The number of nitro groups is 1. The third kappa shape index (κ3) is 2.55. The van der Waals surface area contributed by atoms with Gasteiger partial charge in [-0.15, -0.1) is 11.6 Å². The summed E-state index contributed by atoms with van der Waals surface area (Å²) in [6, 6.07) is 5.66. The van der Waals surface area contributed by atoms with Gasteiger partial charge in [0.1, 0.15) is 0 Å². The molecule has 1 aliphatic rings. The lowest BCUT2D eigenvalue weighted by Crippen LogP contribution is -2.38. The topological polar surface area (TPSA) is 72.2 Å². The number of nitrogens with zero attached hydrogens (tertiary/aromatic N) is 1. The first-order valence-corrected chi connectivity index (χ1v) is 5.73. The summed E-state index contributed by atoms with van der Waals surface area (Å²) in [4.78, 5) is 21.9. The van der Waals surface area contributed by atoms with Gasteiger partial charge in [-0.2, -0.15) is 0 Å². The maximum absolute atomic E-state index is 11.8. The lowest BCUT2D eigenvalue weighted by Gasteiger charge is -2.13. The van der Waals surface area contributed by atoms with E-state index in [0.717, 1.165) is 12.8 Å². The number of hydrogen-bond acceptors (Lipinski definition) is 3. The van der Waals surface area contributed by atoms with Gasteiger partial charge in [-0.25, -0.2) is 0 Å². The highest BCUT2D eigenvalue weighted by Gasteiger charge is 2.43. The van der Waals surface area contributed by atoms with Gasteiger partial charge in [0.25, 0.3) is 11.6 Å². The fourth-order valence-corrected chi connectivity index (χ4v) is 1.85. The van der Waals surface area contributed by atoms with E-state index in [4.69, 9.17) is 11.6 Å². The Balaban J connectivity index is 2.14. The summed E-state index contributed by atoms with van der Waals surface area (Å²) < 4.78 is 0. The molecule has 1 amide bonds. The van der Waals surface area contributed by atoms with Crippen molar-refractivity contribution < 1.29 is 9.72 Å². The maximum atomic E-state index is 11.8. The smallest absolute Gasteiger partial charge is 0.270 e. The highest BCUT2D eigenvalue weighted by atomic mass is 35.5. The first-order valence-electron chi connectivity index (χ1n) is 5.19. The minimum absolute atomic E-state index is 0.0895. The third-order valence-electron chi connectivity index (χ3n) is 2.81. The van der Waals surface area contributed by atoms with Crippen LogP contribution < -0.4 is 5.32 Å². The fourth-order valence-electron chi connectivity index (χ4n) is 1.52. The number of hydrogen-bond donors (Lipinski definition) is 1. The summed E-state index contributed by atoms with van der Waals surface area (Å²) in [5, 5.41) is 13.4. The average molecular weight is 255 g/mol. The van der Waals surface area contributed by atoms with Crippen molar-refractivity contribution in [2.24, 2.45) is 0 Å². The molecule has 0 unspecified atom stereocenters. The van der Waals surface area contributed by atoms with Crippen LogP contribution in [0.5, 0.6) is 0 Å².